The van der Waals surface area contributed by atoms with Gasteiger partial charge in [-0.3, -0.25) is 9.59 Å². The minimum absolute atomic E-state index is 0.0273. The average molecular weight is 362 g/mol. The highest BCUT2D eigenvalue weighted by molar-refractivity contribution is 8.13. The molecule has 3 nitrogen and oxygen atoms in total. The second-order valence-corrected chi connectivity index (χ2v) is 7.95. The molecule has 0 spiro atoms. The molecule has 0 fully saturated rings. The number of para-hydroxylation sites is 1. The highest BCUT2D eigenvalue weighted by Gasteiger charge is 2.22. The van der Waals surface area contributed by atoms with E-state index in [0.29, 0.717) is 10.7 Å². The van der Waals surface area contributed by atoms with E-state index in [1.54, 1.807) is 12.1 Å². The van der Waals surface area contributed by atoms with Crippen molar-refractivity contribution in [2.24, 2.45) is 5.41 Å². The first-order chi connectivity index (χ1) is 11.3. The molecule has 24 heavy (non-hydrogen) atoms. The number of benzene rings is 2. The Hall–Kier alpha value is -1.78. The largest absolute Gasteiger partial charge is 0.325 e. The van der Waals surface area contributed by atoms with E-state index in [-0.39, 0.29) is 17.4 Å². The van der Waals surface area contributed by atoms with Crippen molar-refractivity contribution < 1.29 is 9.59 Å². The predicted octanol–water partition coefficient (Wildman–Crippen LogP) is 5.19. The molecule has 1 amide bonds. The van der Waals surface area contributed by atoms with Crippen LogP contribution in [0.1, 0.15) is 26.3 Å². The number of anilines is 1. The molecule has 2 aromatic carbocycles. The van der Waals surface area contributed by atoms with E-state index in [4.69, 9.17) is 11.6 Å². The normalized spacial score (nSPS) is 11.2. The molecule has 0 saturated carbocycles. The molecule has 0 heterocycles. The fraction of sp³-hybridized carbons (Fsp3) is 0.263. The molecule has 0 atom stereocenters. The van der Waals surface area contributed by atoms with Crippen molar-refractivity contribution in [2.45, 2.75) is 32.1 Å². The van der Waals surface area contributed by atoms with E-state index in [9.17, 15) is 9.59 Å². The zero-order valence-corrected chi connectivity index (χ0v) is 15.5. The zero-order chi connectivity index (χ0) is 17.7. The predicted molar refractivity (Wildman–Crippen MR) is 101 cm³/mol. The Kier molecular flexibility index (Phi) is 6.08. The summed E-state index contributed by atoms with van der Waals surface area (Å²) < 4.78 is 0. The number of carbonyl (C=O) groups is 2. The van der Waals surface area contributed by atoms with Gasteiger partial charge in [-0.15, -0.1) is 0 Å². The van der Waals surface area contributed by atoms with E-state index < -0.39 is 5.41 Å². The van der Waals surface area contributed by atoms with E-state index in [1.165, 1.54) is 0 Å². The van der Waals surface area contributed by atoms with Crippen LogP contribution >= 0.6 is 23.4 Å². The minimum atomic E-state index is -0.501. The van der Waals surface area contributed by atoms with Crippen LogP contribution in [0.25, 0.3) is 0 Å². The summed E-state index contributed by atoms with van der Waals surface area (Å²) in [5.74, 6) is -0.0888. The summed E-state index contributed by atoms with van der Waals surface area (Å²) in [5, 5.41) is 3.45. The van der Waals surface area contributed by atoms with E-state index in [2.05, 4.69) is 5.32 Å². The van der Waals surface area contributed by atoms with Crippen LogP contribution in [0.5, 0.6) is 0 Å². The quantitative estimate of drug-likeness (QED) is 0.762. The Morgan fingerprint density at radius 1 is 1.04 bits per heavy atom. The van der Waals surface area contributed by atoms with Crippen molar-refractivity contribution in [1.29, 1.82) is 0 Å². The Morgan fingerprint density at radius 3 is 2.33 bits per heavy atom. The summed E-state index contributed by atoms with van der Waals surface area (Å²) in [6.07, 6.45) is 0.242. The molecule has 0 bridgehead atoms. The summed E-state index contributed by atoms with van der Waals surface area (Å²) in [7, 11) is 0. The van der Waals surface area contributed by atoms with Crippen LogP contribution in [0.4, 0.5) is 5.69 Å². The van der Waals surface area contributed by atoms with E-state index in [1.807, 2.05) is 57.2 Å². The second-order valence-electron chi connectivity index (χ2n) is 6.44. The fourth-order valence-electron chi connectivity index (χ4n) is 1.92. The molecule has 1 N–H and O–H groups in total. The average Bonchev–Trinajstić information content (AvgIpc) is 2.50. The molecule has 0 aromatic heterocycles. The number of hydrogen-bond acceptors (Lipinski definition) is 3. The van der Waals surface area contributed by atoms with Crippen LogP contribution in [0.3, 0.4) is 0 Å². The molecule has 0 aliphatic heterocycles. The van der Waals surface area contributed by atoms with Crippen LogP contribution in [0, 0.1) is 5.41 Å². The number of amides is 1. The van der Waals surface area contributed by atoms with Crippen molar-refractivity contribution in [3.05, 3.63) is 59.1 Å². The van der Waals surface area contributed by atoms with Gasteiger partial charge in [0, 0.05) is 21.8 Å². The molecule has 2 rings (SSSR count). The van der Waals surface area contributed by atoms with Gasteiger partial charge in [0.15, 0.2) is 5.12 Å². The summed E-state index contributed by atoms with van der Waals surface area (Å²) in [5.41, 5.74) is 0.946. The summed E-state index contributed by atoms with van der Waals surface area (Å²) in [6.45, 7) is 5.54. The maximum Gasteiger partial charge on any atom is 0.229 e. The molecule has 5 heteroatoms. The Labute approximate surface area is 151 Å². The Balaban J connectivity index is 2.11. The van der Waals surface area contributed by atoms with Gasteiger partial charge in [-0.05, 0) is 35.5 Å². The van der Waals surface area contributed by atoms with Crippen molar-refractivity contribution in [3.63, 3.8) is 0 Å². The van der Waals surface area contributed by atoms with Gasteiger partial charge in [0.25, 0.3) is 0 Å². The maximum atomic E-state index is 12.4. The number of halogens is 1. The monoisotopic (exact) mass is 361 g/mol. The third-order valence-electron chi connectivity index (χ3n) is 3.33. The molecule has 126 valence electrons. The zero-order valence-electron chi connectivity index (χ0n) is 13.9. The summed E-state index contributed by atoms with van der Waals surface area (Å²) >= 11 is 7.22. The van der Waals surface area contributed by atoms with Gasteiger partial charge in [0.2, 0.25) is 5.91 Å². The van der Waals surface area contributed by atoms with Gasteiger partial charge in [-0.1, -0.05) is 62.7 Å². The number of carbonyl (C=O) groups excluding carboxylic acids is 2. The molecule has 2 aromatic rings. The van der Waals surface area contributed by atoms with Gasteiger partial charge >= 0.3 is 0 Å². The van der Waals surface area contributed by atoms with E-state index >= 15 is 0 Å². The van der Waals surface area contributed by atoms with Crippen molar-refractivity contribution >= 4 is 40.1 Å². The van der Waals surface area contributed by atoms with Crippen LogP contribution < -0.4 is 5.32 Å². The smallest absolute Gasteiger partial charge is 0.229 e. The van der Waals surface area contributed by atoms with Gasteiger partial charge in [0.05, 0.1) is 5.69 Å². The molecular formula is C19H20ClNO2S. The standard InChI is InChI=1S/C19H20ClNO2S/c1-19(2,3)18(23)21-15-10-6-7-11-16(15)24-17(22)12-13-8-4-5-9-14(13)20/h4-11H,12H2,1-3H3,(H,21,23). The molecule has 0 unspecified atom stereocenters. The third kappa shape index (κ3) is 5.11. The number of rotatable bonds is 4. The van der Waals surface area contributed by atoms with Crippen LogP contribution in [0.15, 0.2) is 53.4 Å². The van der Waals surface area contributed by atoms with Crippen molar-refractivity contribution in [3.8, 4) is 0 Å². The van der Waals surface area contributed by atoms with Crippen molar-refractivity contribution in [1.82, 2.24) is 0 Å². The maximum absolute atomic E-state index is 12.4. The molecule has 0 aliphatic rings. The van der Waals surface area contributed by atoms with E-state index in [0.717, 1.165) is 22.2 Å². The lowest BCUT2D eigenvalue weighted by Crippen LogP contribution is -2.27. The molecule has 0 radical (unpaired) electrons. The molecule has 0 aliphatic carbocycles. The highest BCUT2D eigenvalue weighted by Crippen LogP contribution is 2.30. The van der Waals surface area contributed by atoms with Gasteiger partial charge < -0.3 is 5.32 Å². The third-order valence-corrected chi connectivity index (χ3v) is 4.65. The summed E-state index contributed by atoms with van der Waals surface area (Å²) in [4.78, 5) is 25.3. The number of thioether (sulfide) groups is 1. The summed E-state index contributed by atoms with van der Waals surface area (Å²) in [6, 6.07) is 14.6. The lowest BCUT2D eigenvalue weighted by Gasteiger charge is -2.19. The first-order valence-electron chi connectivity index (χ1n) is 7.62. The Morgan fingerprint density at radius 2 is 1.67 bits per heavy atom. The van der Waals surface area contributed by atoms with Crippen molar-refractivity contribution in [2.75, 3.05) is 5.32 Å². The fourth-order valence-corrected chi connectivity index (χ4v) is 2.98. The minimum Gasteiger partial charge on any atom is -0.325 e. The Bertz CT molecular complexity index is 753. The van der Waals surface area contributed by atoms with Gasteiger partial charge in [0.1, 0.15) is 0 Å². The second kappa shape index (κ2) is 7.86. The molecule has 0 saturated heterocycles. The lowest BCUT2D eigenvalue weighted by molar-refractivity contribution is -0.123. The van der Waals surface area contributed by atoms with Gasteiger partial charge in [-0.2, -0.15) is 0 Å². The number of hydrogen-bond donors (Lipinski definition) is 1. The SMILES string of the molecule is CC(C)(C)C(=O)Nc1ccccc1SC(=O)Cc1ccccc1Cl. The van der Waals surface area contributed by atoms with Crippen LogP contribution in [0.2, 0.25) is 5.02 Å². The van der Waals surface area contributed by atoms with Crippen LogP contribution in [-0.4, -0.2) is 11.0 Å². The first-order valence-corrected chi connectivity index (χ1v) is 8.81. The lowest BCUT2D eigenvalue weighted by atomic mass is 9.95. The highest BCUT2D eigenvalue weighted by atomic mass is 35.5. The topological polar surface area (TPSA) is 46.2 Å². The number of nitrogens with one attached hydrogen (secondary N) is 1. The molecular weight excluding hydrogens is 342 g/mol. The van der Waals surface area contributed by atoms with Crippen LogP contribution in [-0.2, 0) is 16.0 Å². The first kappa shape index (κ1) is 18.6. The van der Waals surface area contributed by atoms with Gasteiger partial charge in [-0.25, -0.2) is 0 Å².